The van der Waals surface area contributed by atoms with Gasteiger partial charge in [0.05, 0.1) is 5.69 Å². The Kier molecular flexibility index (Phi) is 4.83. The first kappa shape index (κ1) is 15.6. The molecule has 0 aliphatic carbocycles. The molecule has 2 amide bonds. The van der Waals surface area contributed by atoms with Crippen LogP contribution in [0.3, 0.4) is 0 Å². The molecule has 6 heteroatoms. The fraction of sp³-hybridized carbons (Fsp3) is 0.125. The van der Waals surface area contributed by atoms with Crippen LogP contribution in [0.1, 0.15) is 12.5 Å². The number of aryl methyl sites for hydroxylation is 1. The lowest BCUT2D eigenvalue weighted by atomic mass is 10.1. The van der Waals surface area contributed by atoms with Crippen LogP contribution in [0.5, 0.6) is 0 Å². The van der Waals surface area contributed by atoms with Gasteiger partial charge in [0.15, 0.2) is 0 Å². The van der Waals surface area contributed by atoms with Crippen molar-refractivity contribution in [1.29, 1.82) is 0 Å². The van der Waals surface area contributed by atoms with Crippen molar-refractivity contribution in [3.8, 4) is 0 Å². The number of benzene rings is 2. The molecule has 0 aliphatic heterocycles. The summed E-state index contributed by atoms with van der Waals surface area (Å²) in [6.07, 6.45) is 0.677. The van der Waals surface area contributed by atoms with Crippen molar-refractivity contribution in [2.24, 2.45) is 0 Å². The van der Waals surface area contributed by atoms with E-state index < -0.39 is 23.4 Å². The summed E-state index contributed by atoms with van der Waals surface area (Å²) in [5, 5.41) is 4.49. The van der Waals surface area contributed by atoms with E-state index in [4.69, 9.17) is 0 Å². The minimum absolute atomic E-state index is 0.385. The highest BCUT2D eigenvalue weighted by Crippen LogP contribution is 2.17. The Bertz CT molecular complexity index is 717. The first-order chi connectivity index (χ1) is 10.5. The molecule has 0 spiro atoms. The van der Waals surface area contributed by atoms with Crippen LogP contribution in [-0.2, 0) is 16.0 Å². The van der Waals surface area contributed by atoms with E-state index in [1.54, 1.807) is 12.1 Å². The summed E-state index contributed by atoms with van der Waals surface area (Å²) in [5.41, 5.74) is 0.981. The van der Waals surface area contributed by atoms with Crippen LogP contribution in [0.15, 0.2) is 42.5 Å². The monoisotopic (exact) mass is 304 g/mol. The molecular formula is C16H14F2N2O2. The maximum absolute atomic E-state index is 13.4. The average molecular weight is 304 g/mol. The molecule has 0 saturated carbocycles. The number of hydrogen-bond acceptors (Lipinski definition) is 2. The number of para-hydroxylation sites is 1. The molecule has 0 aromatic heterocycles. The predicted octanol–water partition coefficient (Wildman–Crippen LogP) is 3.10. The predicted molar refractivity (Wildman–Crippen MR) is 79.4 cm³/mol. The zero-order valence-electron chi connectivity index (χ0n) is 11.8. The van der Waals surface area contributed by atoms with Gasteiger partial charge in [-0.05, 0) is 30.2 Å². The molecule has 2 rings (SSSR count). The minimum Gasteiger partial charge on any atom is -0.318 e. The number of carbonyl (C=O) groups excluding carboxylic acids is 2. The summed E-state index contributed by atoms with van der Waals surface area (Å²) in [4.78, 5) is 23.6. The Morgan fingerprint density at radius 1 is 0.955 bits per heavy atom. The lowest BCUT2D eigenvalue weighted by molar-refractivity contribution is -0.133. The number of hydrogen-bond donors (Lipinski definition) is 2. The van der Waals surface area contributed by atoms with Crippen LogP contribution >= 0.6 is 0 Å². The Morgan fingerprint density at radius 3 is 2.27 bits per heavy atom. The van der Waals surface area contributed by atoms with Gasteiger partial charge in [-0.25, -0.2) is 8.78 Å². The summed E-state index contributed by atoms with van der Waals surface area (Å²) in [5.74, 6) is -3.56. The van der Waals surface area contributed by atoms with E-state index in [1.165, 1.54) is 0 Å². The summed E-state index contributed by atoms with van der Waals surface area (Å²) in [6, 6.07) is 9.61. The molecule has 0 aliphatic rings. The van der Waals surface area contributed by atoms with E-state index >= 15 is 0 Å². The van der Waals surface area contributed by atoms with Gasteiger partial charge in [-0.15, -0.1) is 0 Å². The third-order valence-electron chi connectivity index (χ3n) is 3.03. The van der Waals surface area contributed by atoms with Crippen LogP contribution in [0.25, 0.3) is 0 Å². The maximum Gasteiger partial charge on any atom is 0.314 e. The van der Waals surface area contributed by atoms with Crippen molar-refractivity contribution < 1.29 is 18.4 Å². The number of amides is 2. The molecule has 0 atom stereocenters. The molecular weight excluding hydrogens is 290 g/mol. The molecule has 4 nitrogen and oxygen atoms in total. The van der Waals surface area contributed by atoms with Gasteiger partial charge < -0.3 is 10.6 Å². The molecule has 0 heterocycles. The van der Waals surface area contributed by atoms with Crippen molar-refractivity contribution >= 4 is 23.2 Å². The van der Waals surface area contributed by atoms with E-state index in [9.17, 15) is 18.4 Å². The third kappa shape index (κ3) is 3.66. The van der Waals surface area contributed by atoms with Crippen LogP contribution in [-0.4, -0.2) is 11.8 Å². The second-order valence-corrected chi connectivity index (χ2v) is 4.54. The Labute approximate surface area is 126 Å². The Hall–Kier alpha value is -2.76. The van der Waals surface area contributed by atoms with Gasteiger partial charge in [-0.2, -0.15) is 0 Å². The molecule has 22 heavy (non-hydrogen) atoms. The number of rotatable bonds is 3. The molecule has 0 saturated heterocycles. The third-order valence-corrected chi connectivity index (χ3v) is 3.03. The summed E-state index contributed by atoms with van der Waals surface area (Å²) in [7, 11) is 0. The number of carbonyl (C=O) groups is 2. The molecule has 0 radical (unpaired) electrons. The first-order valence-corrected chi connectivity index (χ1v) is 6.66. The zero-order valence-corrected chi connectivity index (χ0v) is 11.8. The van der Waals surface area contributed by atoms with Crippen LogP contribution in [0.2, 0.25) is 0 Å². The first-order valence-electron chi connectivity index (χ1n) is 6.66. The van der Waals surface area contributed by atoms with Crippen molar-refractivity contribution in [3.63, 3.8) is 0 Å². The van der Waals surface area contributed by atoms with E-state index in [1.807, 2.05) is 24.4 Å². The van der Waals surface area contributed by atoms with Gasteiger partial charge in [-0.3, -0.25) is 9.59 Å². The van der Waals surface area contributed by atoms with E-state index in [2.05, 4.69) is 5.32 Å². The maximum atomic E-state index is 13.4. The van der Waals surface area contributed by atoms with Crippen LogP contribution in [0, 0.1) is 11.6 Å². The van der Waals surface area contributed by atoms with Gasteiger partial charge in [0.1, 0.15) is 11.6 Å². The van der Waals surface area contributed by atoms with Gasteiger partial charge in [-0.1, -0.05) is 25.1 Å². The van der Waals surface area contributed by atoms with Crippen LogP contribution in [0.4, 0.5) is 20.2 Å². The fourth-order valence-electron chi connectivity index (χ4n) is 1.90. The van der Waals surface area contributed by atoms with E-state index in [0.717, 1.165) is 23.8 Å². The van der Waals surface area contributed by atoms with E-state index in [-0.39, 0.29) is 5.69 Å². The number of anilines is 2. The van der Waals surface area contributed by atoms with Gasteiger partial charge >= 0.3 is 11.8 Å². The summed E-state index contributed by atoms with van der Waals surface area (Å²) < 4.78 is 26.5. The van der Waals surface area contributed by atoms with Crippen LogP contribution < -0.4 is 10.6 Å². The topological polar surface area (TPSA) is 58.2 Å². The summed E-state index contributed by atoms with van der Waals surface area (Å²) in [6.45, 7) is 1.91. The molecule has 2 aromatic rings. The molecule has 0 fully saturated rings. The summed E-state index contributed by atoms with van der Waals surface area (Å²) >= 11 is 0. The van der Waals surface area contributed by atoms with Gasteiger partial charge in [0, 0.05) is 11.8 Å². The standard InChI is InChI=1S/C16H14F2N2O2/c1-2-10-5-3-4-6-13(10)19-15(21)16(22)20-14-9-11(17)7-8-12(14)18/h3-9H,2H2,1H3,(H,19,21)(H,20,22). The zero-order chi connectivity index (χ0) is 16.1. The van der Waals surface area contributed by atoms with Crippen molar-refractivity contribution in [2.45, 2.75) is 13.3 Å². The normalized spacial score (nSPS) is 10.1. The van der Waals surface area contributed by atoms with Crippen molar-refractivity contribution in [2.75, 3.05) is 10.6 Å². The highest BCUT2D eigenvalue weighted by molar-refractivity contribution is 6.43. The molecule has 2 N–H and O–H groups in total. The number of halogens is 2. The fourth-order valence-corrected chi connectivity index (χ4v) is 1.90. The highest BCUT2D eigenvalue weighted by atomic mass is 19.1. The molecule has 0 bridgehead atoms. The van der Waals surface area contributed by atoms with Crippen molar-refractivity contribution in [1.82, 2.24) is 0 Å². The largest absolute Gasteiger partial charge is 0.318 e. The van der Waals surface area contributed by atoms with Gasteiger partial charge in [0.2, 0.25) is 0 Å². The van der Waals surface area contributed by atoms with E-state index in [0.29, 0.717) is 12.1 Å². The highest BCUT2D eigenvalue weighted by Gasteiger charge is 2.17. The minimum atomic E-state index is -1.07. The second kappa shape index (κ2) is 6.80. The average Bonchev–Trinajstić information content (AvgIpc) is 2.51. The second-order valence-electron chi connectivity index (χ2n) is 4.54. The van der Waals surface area contributed by atoms with Crippen molar-refractivity contribution in [3.05, 3.63) is 59.7 Å². The molecule has 114 valence electrons. The quantitative estimate of drug-likeness (QED) is 0.856. The Balaban J connectivity index is 2.09. The SMILES string of the molecule is CCc1ccccc1NC(=O)C(=O)Nc1cc(F)ccc1F. The lowest BCUT2D eigenvalue weighted by Gasteiger charge is -2.10. The van der Waals surface area contributed by atoms with Gasteiger partial charge in [0.25, 0.3) is 0 Å². The molecule has 2 aromatic carbocycles. The number of nitrogens with one attached hydrogen (secondary N) is 2. The smallest absolute Gasteiger partial charge is 0.314 e. The Morgan fingerprint density at radius 2 is 1.59 bits per heavy atom. The lowest BCUT2D eigenvalue weighted by Crippen LogP contribution is -2.29. The molecule has 0 unspecified atom stereocenters.